The minimum absolute atomic E-state index is 0.0583. The van der Waals surface area contributed by atoms with E-state index in [4.69, 9.17) is 0 Å². The summed E-state index contributed by atoms with van der Waals surface area (Å²) in [6.07, 6.45) is 4.90. The van der Waals surface area contributed by atoms with Crippen LogP contribution >= 0.6 is 0 Å². The van der Waals surface area contributed by atoms with Gasteiger partial charge in [0.05, 0.1) is 11.4 Å². The third-order valence-corrected chi connectivity index (χ3v) is 7.03. The molecule has 0 aliphatic carbocycles. The molecule has 0 radical (unpaired) electrons. The largest absolute Gasteiger partial charge is 0.376 e. The molecule has 3 rings (SSSR count). The van der Waals surface area contributed by atoms with Crippen LogP contribution in [0.2, 0.25) is 0 Å². The molecule has 156 valence electrons. The SMILES string of the molecule is CCc1ccc(NC(=O)CNc2cccc(S(=O)(=O)N3CCCCCC3)c2)cc1. The fraction of sp³-hybridized carbons (Fsp3) is 0.409. The van der Waals surface area contributed by atoms with E-state index < -0.39 is 10.0 Å². The number of amides is 1. The highest BCUT2D eigenvalue weighted by Crippen LogP contribution is 2.22. The third kappa shape index (κ3) is 5.81. The number of carbonyl (C=O) groups excluding carboxylic acids is 1. The Morgan fingerprint density at radius 2 is 1.66 bits per heavy atom. The molecule has 29 heavy (non-hydrogen) atoms. The summed E-state index contributed by atoms with van der Waals surface area (Å²) in [6.45, 7) is 3.28. The van der Waals surface area contributed by atoms with Crippen molar-refractivity contribution in [2.24, 2.45) is 0 Å². The molecule has 0 saturated carbocycles. The van der Waals surface area contributed by atoms with Gasteiger partial charge in [-0.15, -0.1) is 0 Å². The van der Waals surface area contributed by atoms with Gasteiger partial charge in [0.15, 0.2) is 0 Å². The molecule has 1 aliphatic rings. The second kappa shape index (κ2) is 9.89. The van der Waals surface area contributed by atoms with Crippen LogP contribution in [0.3, 0.4) is 0 Å². The van der Waals surface area contributed by atoms with Crippen LogP contribution in [0, 0.1) is 0 Å². The molecule has 7 heteroatoms. The summed E-state index contributed by atoms with van der Waals surface area (Å²) in [7, 11) is -3.51. The number of aryl methyl sites for hydroxylation is 1. The first-order chi connectivity index (χ1) is 14.0. The summed E-state index contributed by atoms with van der Waals surface area (Å²) in [5, 5.41) is 5.86. The zero-order valence-corrected chi connectivity index (χ0v) is 17.7. The zero-order valence-electron chi connectivity index (χ0n) is 16.9. The molecule has 0 unspecified atom stereocenters. The summed E-state index contributed by atoms with van der Waals surface area (Å²) in [6, 6.07) is 14.4. The predicted octanol–water partition coefficient (Wildman–Crippen LogP) is 3.86. The quantitative estimate of drug-likeness (QED) is 0.720. The Bertz CT molecular complexity index is 919. The summed E-state index contributed by atoms with van der Waals surface area (Å²) in [4.78, 5) is 12.5. The van der Waals surface area contributed by atoms with E-state index in [1.165, 1.54) is 5.56 Å². The topological polar surface area (TPSA) is 78.5 Å². The highest BCUT2D eigenvalue weighted by molar-refractivity contribution is 7.89. The summed E-state index contributed by atoms with van der Waals surface area (Å²) < 4.78 is 27.5. The Hall–Kier alpha value is -2.38. The van der Waals surface area contributed by atoms with Crippen molar-refractivity contribution < 1.29 is 13.2 Å². The van der Waals surface area contributed by atoms with E-state index in [9.17, 15) is 13.2 Å². The smallest absolute Gasteiger partial charge is 0.243 e. The first kappa shape index (κ1) is 21.3. The summed E-state index contributed by atoms with van der Waals surface area (Å²) in [5.74, 6) is -0.185. The van der Waals surface area contributed by atoms with Crippen LogP contribution < -0.4 is 10.6 Å². The number of rotatable bonds is 7. The van der Waals surface area contributed by atoms with E-state index in [0.29, 0.717) is 18.8 Å². The molecule has 1 fully saturated rings. The highest BCUT2D eigenvalue weighted by Gasteiger charge is 2.25. The monoisotopic (exact) mass is 415 g/mol. The van der Waals surface area contributed by atoms with Gasteiger partial charge < -0.3 is 10.6 Å². The lowest BCUT2D eigenvalue weighted by molar-refractivity contribution is -0.114. The molecule has 2 N–H and O–H groups in total. The summed E-state index contributed by atoms with van der Waals surface area (Å²) >= 11 is 0. The molecule has 1 amide bonds. The maximum Gasteiger partial charge on any atom is 0.243 e. The maximum absolute atomic E-state index is 12.9. The van der Waals surface area contributed by atoms with Gasteiger partial charge in [0.1, 0.15) is 0 Å². The number of benzene rings is 2. The second-order valence-electron chi connectivity index (χ2n) is 7.30. The molecular weight excluding hydrogens is 386 g/mol. The standard InChI is InChI=1S/C22H29N3O3S/c1-2-18-10-12-19(13-11-18)24-22(26)17-23-20-8-7-9-21(16-20)29(27,28)25-14-5-3-4-6-15-25/h7-13,16,23H,2-6,14-15,17H2,1H3,(H,24,26). The fourth-order valence-electron chi connectivity index (χ4n) is 3.41. The number of anilines is 2. The molecule has 1 heterocycles. The van der Waals surface area contributed by atoms with Crippen LogP contribution in [0.15, 0.2) is 53.4 Å². The van der Waals surface area contributed by atoms with Crippen LogP contribution in [0.1, 0.15) is 38.2 Å². The molecule has 2 aromatic carbocycles. The zero-order chi connectivity index (χ0) is 20.7. The van der Waals surface area contributed by atoms with Gasteiger partial charge >= 0.3 is 0 Å². The van der Waals surface area contributed by atoms with Crippen molar-refractivity contribution in [2.45, 2.75) is 43.9 Å². The Kier molecular flexibility index (Phi) is 7.28. The molecule has 6 nitrogen and oxygen atoms in total. The van der Waals surface area contributed by atoms with Crippen LogP contribution in [0.5, 0.6) is 0 Å². The second-order valence-corrected chi connectivity index (χ2v) is 9.24. The van der Waals surface area contributed by atoms with Crippen LogP contribution in [-0.4, -0.2) is 38.3 Å². The lowest BCUT2D eigenvalue weighted by Crippen LogP contribution is -2.32. The molecule has 0 atom stereocenters. The molecule has 2 aromatic rings. The lowest BCUT2D eigenvalue weighted by atomic mass is 10.1. The number of nitrogens with one attached hydrogen (secondary N) is 2. The van der Waals surface area contributed by atoms with E-state index in [-0.39, 0.29) is 17.3 Å². The van der Waals surface area contributed by atoms with Crippen molar-refractivity contribution in [1.29, 1.82) is 0 Å². The van der Waals surface area contributed by atoms with E-state index in [0.717, 1.165) is 37.8 Å². The number of sulfonamides is 1. The van der Waals surface area contributed by atoms with Gasteiger partial charge in [-0.2, -0.15) is 4.31 Å². The maximum atomic E-state index is 12.9. The van der Waals surface area contributed by atoms with E-state index in [1.54, 1.807) is 28.6 Å². The minimum Gasteiger partial charge on any atom is -0.376 e. The lowest BCUT2D eigenvalue weighted by Gasteiger charge is -2.20. The van der Waals surface area contributed by atoms with Crippen molar-refractivity contribution in [3.8, 4) is 0 Å². The first-order valence-corrected chi connectivity index (χ1v) is 11.7. The molecule has 1 saturated heterocycles. The van der Waals surface area contributed by atoms with Crippen LogP contribution in [0.25, 0.3) is 0 Å². The normalized spacial score (nSPS) is 15.5. The minimum atomic E-state index is -3.51. The first-order valence-electron chi connectivity index (χ1n) is 10.2. The van der Waals surface area contributed by atoms with Gasteiger partial charge in [-0.3, -0.25) is 4.79 Å². The van der Waals surface area contributed by atoms with Gasteiger partial charge in [-0.25, -0.2) is 8.42 Å². The Morgan fingerprint density at radius 3 is 2.31 bits per heavy atom. The van der Waals surface area contributed by atoms with Gasteiger partial charge in [-0.1, -0.05) is 38.0 Å². The van der Waals surface area contributed by atoms with Crippen molar-refractivity contribution in [2.75, 3.05) is 30.3 Å². The van der Waals surface area contributed by atoms with Crippen LogP contribution in [-0.2, 0) is 21.2 Å². The van der Waals surface area contributed by atoms with Gasteiger partial charge in [0.2, 0.25) is 15.9 Å². The molecule has 0 bridgehead atoms. The number of carbonyl (C=O) groups is 1. The number of nitrogens with zero attached hydrogens (tertiary/aromatic N) is 1. The van der Waals surface area contributed by atoms with Crippen LogP contribution in [0.4, 0.5) is 11.4 Å². The van der Waals surface area contributed by atoms with E-state index in [1.807, 2.05) is 24.3 Å². The van der Waals surface area contributed by atoms with Gasteiger partial charge in [0.25, 0.3) is 0 Å². The van der Waals surface area contributed by atoms with E-state index in [2.05, 4.69) is 17.6 Å². The van der Waals surface area contributed by atoms with Crippen molar-refractivity contribution in [1.82, 2.24) is 4.31 Å². The highest BCUT2D eigenvalue weighted by atomic mass is 32.2. The molecular formula is C22H29N3O3S. The number of hydrogen-bond donors (Lipinski definition) is 2. The summed E-state index contributed by atoms with van der Waals surface area (Å²) in [5.41, 5.74) is 2.56. The molecule has 0 spiro atoms. The predicted molar refractivity (Wildman–Crippen MR) is 117 cm³/mol. The molecule has 1 aliphatic heterocycles. The van der Waals surface area contributed by atoms with Crippen molar-refractivity contribution in [3.63, 3.8) is 0 Å². The van der Waals surface area contributed by atoms with E-state index >= 15 is 0 Å². The average molecular weight is 416 g/mol. The third-order valence-electron chi connectivity index (χ3n) is 5.14. The molecule has 0 aromatic heterocycles. The van der Waals surface area contributed by atoms with Gasteiger partial charge in [-0.05, 0) is 55.2 Å². The Labute approximate surface area is 173 Å². The van der Waals surface area contributed by atoms with Gasteiger partial charge in [0, 0.05) is 24.5 Å². The Balaban J connectivity index is 1.61. The van der Waals surface area contributed by atoms with Crippen molar-refractivity contribution >= 4 is 27.3 Å². The number of hydrogen-bond acceptors (Lipinski definition) is 4. The Morgan fingerprint density at radius 1 is 0.966 bits per heavy atom. The average Bonchev–Trinajstić information content (AvgIpc) is 3.03. The van der Waals surface area contributed by atoms with Crippen molar-refractivity contribution in [3.05, 3.63) is 54.1 Å². The fourth-order valence-corrected chi connectivity index (χ4v) is 4.97.